The first kappa shape index (κ1) is 10.8. The number of hydrogen-bond acceptors (Lipinski definition) is 0. The molecule has 1 rings (SSSR count). The standard InChI is InChI=1S/C7H8F5S/c1-2-3-13-4-5(8)6(9,10)7(13,11)12/h2,5H,1,3-4H2/q+1. The first-order valence-corrected chi connectivity index (χ1v) is 5.08. The van der Waals surface area contributed by atoms with Gasteiger partial charge in [0.2, 0.25) is 6.17 Å². The summed E-state index contributed by atoms with van der Waals surface area (Å²) in [5.41, 5.74) is 0. The van der Waals surface area contributed by atoms with Gasteiger partial charge in [-0.05, 0) is 6.08 Å². The molecule has 13 heavy (non-hydrogen) atoms. The summed E-state index contributed by atoms with van der Waals surface area (Å²) < 4.78 is 63.2. The zero-order valence-corrected chi connectivity index (χ0v) is 7.39. The summed E-state index contributed by atoms with van der Waals surface area (Å²) in [5, 5.41) is -4.22. The molecule has 1 saturated heterocycles. The molecule has 1 fully saturated rings. The molecule has 1 aliphatic rings. The highest BCUT2D eigenvalue weighted by Gasteiger charge is 2.79. The Labute approximate surface area is 75.2 Å². The highest BCUT2D eigenvalue weighted by atomic mass is 32.2. The van der Waals surface area contributed by atoms with E-state index in [2.05, 4.69) is 6.58 Å². The lowest BCUT2D eigenvalue weighted by Gasteiger charge is -2.15. The van der Waals surface area contributed by atoms with E-state index in [4.69, 9.17) is 0 Å². The van der Waals surface area contributed by atoms with Gasteiger partial charge in [-0.15, -0.1) is 8.78 Å². The fraction of sp³-hybridized carbons (Fsp3) is 0.714. The Morgan fingerprint density at radius 2 is 1.92 bits per heavy atom. The fourth-order valence-electron chi connectivity index (χ4n) is 1.08. The summed E-state index contributed by atoms with van der Waals surface area (Å²) in [6.45, 7) is 3.17. The second-order valence-corrected chi connectivity index (χ2v) is 4.89. The Balaban J connectivity index is 2.89. The Kier molecular flexibility index (Phi) is 2.62. The predicted octanol–water partition coefficient (Wildman–Crippen LogP) is 2.37. The van der Waals surface area contributed by atoms with Crippen molar-refractivity contribution >= 4 is 10.9 Å². The molecule has 76 valence electrons. The van der Waals surface area contributed by atoms with Crippen molar-refractivity contribution in [2.24, 2.45) is 0 Å². The Morgan fingerprint density at radius 1 is 1.38 bits per heavy atom. The first-order chi connectivity index (χ1) is 5.84. The van der Waals surface area contributed by atoms with Crippen LogP contribution in [0.4, 0.5) is 22.0 Å². The second kappa shape index (κ2) is 3.15. The molecule has 6 heteroatoms. The zero-order chi connectivity index (χ0) is 10.3. The number of rotatable bonds is 2. The molecule has 0 spiro atoms. The van der Waals surface area contributed by atoms with Crippen molar-refractivity contribution in [3.8, 4) is 0 Å². The van der Waals surface area contributed by atoms with Gasteiger partial charge in [-0.2, -0.15) is 8.78 Å². The normalized spacial score (nSPS) is 36.1. The topological polar surface area (TPSA) is 0 Å². The van der Waals surface area contributed by atoms with Crippen LogP contribution >= 0.6 is 0 Å². The van der Waals surface area contributed by atoms with E-state index in [1.165, 1.54) is 0 Å². The van der Waals surface area contributed by atoms with Crippen LogP contribution in [0.15, 0.2) is 12.7 Å². The molecule has 0 radical (unpaired) electrons. The van der Waals surface area contributed by atoms with E-state index in [1.54, 1.807) is 0 Å². The molecule has 1 heterocycles. The molecule has 0 aromatic rings. The van der Waals surface area contributed by atoms with Crippen molar-refractivity contribution in [3.63, 3.8) is 0 Å². The molecule has 2 unspecified atom stereocenters. The summed E-state index contributed by atoms with van der Waals surface area (Å²) in [4.78, 5) is 0. The van der Waals surface area contributed by atoms with Gasteiger partial charge >= 0.3 is 11.2 Å². The maximum Gasteiger partial charge on any atom is 0.476 e. The van der Waals surface area contributed by atoms with Gasteiger partial charge in [0.15, 0.2) is 5.75 Å². The van der Waals surface area contributed by atoms with Gasteiger partial charge in [-0.3, -0.25) is 0 Å². The van der Waals surface area contributed by atoms with Crippen molar-refractivity contribution in [1.82, 2.24) is 0 Å². The van der Waals surface area contributed by atoms with Gasteiger partial charge in [0.1, 0.15) is 5.75 Å². The van der Waals surface area contributed by atoms with Crippen molar-refractivity contribution in [2.75, 3.05) is 11.5 Å². The first-order valence-electron chi connectivity index (χ1n) is 3.52. The third kappa shape index (κ3) is 1.45. The quantitative estimate of drug-likeness (QED) is 0.380. The van der Waals surface area contributed by atoms with Crippen molar-refractivity contribution < 1.29 is 22.0 Å². The number of hydrogen-bond donors (Lipinski definition) is 0. The fourth-order valence-corrected chi connectivity index (χ4v) is 2.99. The highest BCUT2D eigenvalue weighted by molar-refractivity contribution is 7.98. The van der Waals surface area contributed by atoms with Crippen LogP contribution in [-0.4, -0.2) is 28.9 Å². The number of alkyl halides is 5. The highest BCUT2D eigenvalue weighted by Crippen LogP contribution is 2.49. The lowest BCUT2D eigenvalue weighted by molar-refractivity contribution is -0.175. The summed E-state index contributed by atoms with van der Waals surface area (Å²) in [6, 6.07) is 0. The average molecular weight is 219 g/mol. The van der Waals surface area contributed by atoms with Gasteiger partial charge in [0.25, 0.3) is 0 Å². The minimum Gasteiger partial charge on any atom is -0.235 e. The lowest BCUT2D eigenvalue weighted by atomic mass is 10.2. The molecule has 0 amide bonds. The SMILES string of the molecule is C=CC[S+]1CC(F)C(F)(F)C1(F)F. The van der Waals surface area contributed by atoms with E-state index in [-0.39, 0.29) is 5.75 Å². The van der Waals surface area contributed by atoms with Crippen LogP contribution in [0.5, 0.6) is 0 Å². The molecule has 0 bridgehead atoms. The van der Waals surface area contributed by atoms with Crippen LogP contribution in [0.1, 0.15) is 0 Å². The average Bonchev–Trinajstić information content (AvgIpc) is 2.14. The van der Waals surface area contributed by atoms with Crippen LogP contribution in [0.3, 0.4) is 0 Å². The van der Waals surface area contributed by atoms with E-state index in [9.17, 15) is 22.0 Å². The van der Waals surface area contributed by atoms with Crippen molar-refractivity contribution in [3.05, 3.63) is 12.7 Å². The third-order valence-corrected chi connectivity index (χ3v) is 4.14. The molecule has 0 saturated carbocycles. The molecule has 0 aromatic heterocycles. The van der Waals surface area contributed by atoms with Gasteiger partial charge in [0, 0.05) is 0 Å². The third-order valence-electron chi connectivity index (χ3n) is 1.81. The summed E-state index contributed by atoms with van der Waals surface area (Å²) in [5.74, 6) is -5.55. The van der Waals surface area contributed by atoms with Crippen LogP contribution < -0.4 is 0 Å². The Morgan fingerprint density at radius 3 is 2.23 bits per heavy atom. The molecule has 1 aliphatic heterocycles. The van der Waals surface area contributed by atoms with Crippen molar-refractivity contribution in [2.45, 2.75) is 17.3 Å². The van der Waals surface area contributed by atoms with Crippen LogP contribution in [-0.2, 0) is 10.9 Å². The maximum atomic E-state index is 12.8. The van der Waals surface area contributed by atoms with E-state index in [0.717, 1.165) is 6.08 Å². The minimum absolute atomic E-state index is 0.261. The smallest absolute Gasteiger partial charge is 0.235 e. The van der Waals surface area contributed by atoms with Crippen LogP contribution in [0.2, 0.25) is 0 Å². The molecular formula is C7H8F5S+. The van der Waals surface area contributed by atoms with Crippen LogP contribution in [0.25, 0.3) is 0 Å². The molecule has 2 atom stereocenters. The van der Waals surface area contributed by atoms with Gasteiger partial charge in [-0.25, -0.2) is 4.39 Å². The lowest BCUT2D eigenvalue weighted by Crippen LogP contribution is -2.44. The minimum atomic E-state index is -4.51. The second-order valence-electron chi connectivity index (χ2n) is 2.72. The van der Waals surface area contributed by atoms with E-state index < -0.39 is 34.0 Å². The maximum absolute atomic E-state index is 12.8. The molecule has 0 nitrogen and oxygen atoms in total. The summed E-state index contributed by atoms with van der Waals surface area (Å²) >= 11 is 0. The van der Waals surface area contributed by atoms with E-state index in [1.807, 2.05) is 0 Å². The molecule has 0 N–H and O–H groups in total. The Hall–Kier alpha value is -0.260. The van der Waals surface area contributed by atoms with E-state index >= 15 is 0 Å². The predicted molar refractivity (Wildman–Crippen MR) is 42.1 cm³/mol. The molecular weight excluding hydrogens is 211 g/mol. The monoisotopic (exact) mass is 219 g/mol. The largest absolute Gasteiger partial charge is 0.476 e. The van der Waals surface area contributed by atoms with Crippen LogP contribution in [0, 0.1) is 0 Å². The van der Waals surface area contributed by atoms with Gasteiger partial charge in [0.05, 0.1) is 10.9 Å². The van der Waals surface area contributed by atoms with Gasteiger partial charge in [-0.1, -0.05) is 6.58 Å². The molecule has 0 aliphatic carbocycles. The van der Waals surface area contributed by atoms with Crippen molar-refractivity contribution in [1.29, 1.82) is 0 Å². The number of halogens is 5. The molecule has 0 aromatic carbocycles. The summed E-state index contributed by atoms with van der Waals surface area (Å²) in [6.07, 6.45) is -1.61. The van der Waals surface area contributed by atoms with Gasteiger partial charge < -0.3 is 0 Å². The summed E-state index contributed by atoms with van der Waals surface area (Å²) in [7, 11) is -1.91. The zero-order valence-electron chi connectivity index (χ0n) is 6.57. The Bertz CT molecular complexity index is 215. The van der Waals surface area contributed by atoms with E-state index in [0.29, 0.717) is 0 Å².